The number of para-hydroxylation sites is 1. The van der Waals surface area contributed by atoms with Gasteiger partial charge in [0.2, 0.25) is 5.91 Å². The van der Waals surface area contributed by atoms with Crippen LogP contribution in [0, 0.1) is 0 Å². The molecule has 0 unspecified atom stereocenters. The Kier molecular flexibility index (Phi) is 4.46. The summed E-state index contributed by atoms with van der Waals surface area (Å²) in [6.07, 6.45) is 0.693. The highest BCUT2D eigenvalue weighted by atomic mass is 35.5. The normalized spacial score (nSPS) is 20.2. The molecule has 0 aliphatic carbocycles. The van der Waals surface area contributed by atoms with Crippen molar-refractivity contribution in [3.05, 3.63) is 57.8 Å². The van der Waals surface area contributed by atoms with E-state index in [2.05, 4.69) is 16.8 Å². The standard InChI is InChI=1S/C17H17Cl2N3O/c1-10-6-13(17(20)23)12-4-2-3-5-14(12)22(10)9-11-7-15(18)21-16(19)8-11/h2-5,7-8,10,13H,6,9H2,1H3,(H2,20,23)/t10-,13+/m1/s1. The quantitative estimate of drug-likeness (QED) is 0.858. The Morgan fingerprint density at radius 2 is 1.96 bits per heavy atom. The monoisotopic (exact) mass is 349 g/mol. The maximum absolute atomic E-state index is 11.8. The molecule has 1 aromatic heterocycles. The summed E-state index contributed by atoms with van der Waals surface area (Å²) < 4.78 is 0. The van der Waals surface area contributed by atoms with Gasteiger partial charge in [-0.15, -0.1) is 0 Å². The average Bonchev–Trinajstić information content (AvgIpc) is 2.48. The second kappa shape index (κ2) is 6.38. The minimum absolute atomic E-state index is 0.174. The number of nitrogens with zero attached hydrogens (tertiary/aromatic N) is 2. The maximum Gasteiger partial charge on any atom is 0.225 e. The van der Waals surface area contributed by atoms with Crippen LogP contribution in [0.1, 0.15) is 30.4 Å². The van der Waals surface area contributed by atoms with Crippen LogP contribution in [0.15, 0.2) is 36.4 Å². The number of fused-ring (bicyclic) bond motifs is 1. The summed E-state index contributed by atoms with van der Waals surface area (Å²) in [5, 5.41) is 0.751. The third-order valence-corrected chi connectivity index (χ3v) is 4.64. The van der Waals surface area contributed by atoms with Crippen molar-refractivity contribution in [3.63, 3.8) is 0 Å². The molecule has 0 radical (unpaired) electrons. The van der Waals surface area contributed by atoms with Crippen molar-refractivity contribution in [2.24, 2.45) is 5.73 Å². The molecular formula is C17H17Cl2N3O. The molecule has 2 aromatic rings. The maximum atomic E-state index is 11.8. The van der Waals surface area contributed by atoms with E-state index in [-0.39, 0.29) is 17.9 Å². The van der Waals surface area contributed by atoms with Crippen LogP contribution in [-0.4, -0.2) is 16.9 Å². The summed E-state index contributed by atoms with van der Waals surface area (Å²) in [4.78, 5) is 18.0. The number of benzene rings is 1. The van der Waals surface area contributed by atoms with Gasteiger partial charge in [0.25, 0.3) is 0 Å². The molecule has 0 saturated heterocycles. The van der Waals surface area contributed by atoms with Gasteiger partial charge in [0.15, 0.2) is 0 Å². The van der Waals surface area contributed by atoms with Gasteiger partial charge in [-0.05, 0) is 42.7 Å². The van der Waals surface area contributed by atoms with E-state index in [0.29, 0.717) is 23.3 Å². The molecule has 4 nitrogen and oxygen atoms in total. The van der Waals surface area contributed by atoms with Gasteiger partial charge in [-0.25, -0.2) is 4.98 Å². The number of pyridine rings is 1. The molecule has 1 amide bonds. The number of primary amides is 1. The van der Waals surface area contributed by atoms with E-state index in [1.54, 1.807) is 0 Å². The topological polar surface area (TPSA) is 59.2 Å². The predicted molar refractivity (Wildman–Crippen MR) is 92.9 cm³/mol. The predicted octanol–water partition coefficient (Wildman–Crippen LogP) is 3.76. The Morgan fingerprint density at radius 1 is 1.30 bits per heavy atom. The summed E-state index contributed by atoms with van der Waals surface area (Å²) in [5.41, 5.74) is 8.57. The number of hydrogen-bond donors (Lipinski definition) is 1. The summed E-state index contributed by atoms with van der Waals surface area (Å²) in [7, 11) is 0. The first-order valence-electron chi connectivity index (χ1n) is 7.42. The molecule has 0 fully saturated rings. The van der Waals surface area contributed by atoms with Gasteiger partial charge < -0.3 is 10.6 Å². The molecule has 2 N–H and O–H groups in total. The molecule has 1 aliphatic heterocycles. The zero-order valence-corrected chi connectivity index (χ0v) is 14.2. The van der Waals surface area contributed by atoms with Crippen LogP contribution >= 0.6 is 23.2 Å². The Balaban J connectivity index is 1.98. The molecule has 1 aliphatic rings. The molecule has 0 saturated carbocycles. The third kappa shape index (κ3) is 3.28. The van der Waals surface area contributed by atoms with Gasteiger partial charge in [0, 0.05) is 18.3 Å². The number of anilines is 1. The fourth-order valence-electron chi connectivity index (χ4n) is 3.19. The SMILES string of the molecule is C[C@@H]1C[C@H](C(N)=O)c2ccccc2N1Cc1cc(Cl)nc(Cl)c1. The van der Waals surface area contributed by atoms with Gasteiger partial charge in [-0.1, -0.05) is 41.4 Å². The first-order valence-corrected chi connectivity index (χ1v) is 8.18. The first kappa shape index (κ1) is 16.1. The van der Waals surface area contributed by atoms with Crippen molar-refractivity contribution >= 4 is 34.8 Å². The molecule has 120 valence electrons. The third-order valence-electron chi connectivity index (χ3n) is 4.25. The number of nitrogens with two attached hydrogens (primary N) is 1. The molecule has 3 rings (SSSR count). The van der Waals surface area contributed by atoms with Crippen LogP contribution in [0.25, 0.3) is 0 Å². The summed E-state index contributed by atoms with van der Waals surface area (Å²) in [6, 6.07) is 11.7. The van der Waals surface area contributed by atoms with Crippen LogP contribution in [-0.2, 0) is 11.3 Å². The molecular weight excluding hydrogens is 333 g/mol. The molecule has 0 spiro atoms. The molecule has 23 heavy (non-hydrogen) atoms. The van der Waals surface area contributed by atoms with Crippen LogP contribution < -0.4 is 10.6 Å². The fraction of sp³-hybridized carbons (Fsp3) is 0.294. The minimum atomic E-state index is -0.279. The van der Waals surface area contributed by atoms with E-state index in [1.807, 2.05) is 36.4 Å². The van der Waals surface area contributed by atoms with Crippen LogP contribution in [0.4, 0.5) is 5.69 Å². The van der Waals surface area contributed by atoms with Gasteiger partial charge in [0.05, 0.1) is 5.92 Å². The van der Waals surface area contributed by atoms with Crippen molar-refractivity contribution in [2.45, 2.75) is 31.8 Å². The van der Waals surface area contributed by atoms with Crippen LogP contribution in [0.5, 0.6) is 0 Å². The van der Waals surface area contributed by atoms with Gasteiger partial charge in [-0.2, -0.15) is 0 Å². The number of rotatable bonds is 3. The lowest BCUT2D eigenvalue weighted by atomic mass is 9.85. The summed E-state index contributed by atoms with van der Waals surface area (Å²) >= 11 is 12.0. The van der Waals surface area contributed by atoms with Gasteiger partial charge in [0.1, 0.15) is 10.3 Å². The number of aromatic nitrogens is 1. The highest BCUT2D eigenvalue weighted by molar-refractivity contribution is 6.32. The van der Waals surface area contributed by atoms with Gasteiger partial charge in [-0.3, -0.25) is 4.79 Å². The highest BCUT2D eigenvalue weighted by Crippen LogP contribution is 2.39. The first-order chi connectivity index (χ1) is 11.0. The summed E-state index contributed by atoms with van der Waals surface area (Å²) in [5.74, 6) is -0.527. The molecule has 0 bridgehead atoms. The number of hydrogen-bond acceptors (Lipinski definition) is 3. The number of amides is 1. The average molecular weight is 350 g/mol. The number of carbonyl (C=O) groups excluding carboxylic acids is 1. The highest BCUT2D eigenvalue weighted by Gasteiger charge is 2.32. The molecule has 6 heteroatoms. The Morgan fingerprint density at radius 3 is 2.61 bits per heavy atom. The van der Waals surface area contributed by atoms with Crippen molar-refractivity contribution < 1.29 is 4.79 Å². The smallest absolute Gasteiger partial charge is 0.225 e. The lowest BCUT2D eigenvalue weighted by Crippen LogP contribution is -2.41. The van der Waals surface area contributed by atoms with E-state index in [4.69, 9.17) is 28.9 Å². The van der Waals surface area contributed by atoms with E-state index in [1.165, 1.54) is 0 Å². The number of carbonyl (C=O) groups is 1. The second-order valence-electron chi connectivity index (χ2n) is 5.85. The van der Waals surface area contributed by atoms with Crippen molar-refractivity contribution in [1.82, 2.24) is 4.98 Å². The van der Waals surface area contributed by atoms with E-state index in [9.17, 15) is 4.79 Å². The van der Waals surface area contributed by atoms with Crippen molar-refractivity contribution in [2.75, 3.05) is 4.90 Å². The lowest BCUT2D eigenvalue weighted by Gasteiger charge is -2.40. The molecule has 1 aromatic carbocycles. The molecule has 2 heterocycles. The van der Waals surface area contributed by atoms with Crippen LogP contribution in [0.3, 0.4) is 0 Å². The van der Waals surface area contributed by atoms with Gasteiger partial charge >= 0.3 is 0 Å². The van der Waals surface area contributed by atoms with E-state index in [0.717, 1.165) is 16.8 Å². The van der Waals surface area contributed by atoms with Crippen molar-refractivity contribution in [1.29, 1.82) is 0 Å². The zero-order valence-electron chi connectivity index (χ0n) is 12.7. The Labute approximate surface area is 145 Å². The van der Waals surface area contributed by atoms with Crippen molar-refractivity contribution in [3.8, 4) is 0 Å². The van der Waals surface area contributed by atoms with E-state index < -0.39 is 0 Å². The largest absolute Gasteiger partial charge is 0.369 e. The zero-order chi connectivity index (χ0) is 16.6. The second-order valence-corrected chi connectivity index (χ2v) is 6.62. The van der Waals surface area contributed by atoms with E-state index >= 15 is 0 Å². The lowest BCUT2D eigenvalue weighted by molar-refractivity contribution is -0.119. The van der Waals surface area contributed by atoms with Crippen LogP contribution in [0.2, 0.25) is 10.3 Å². The number of halogens is 2. The Bertz CT molecular complexity index is 730. The molecule has 2 atom stereocenters. The Hall–Kier alpha value is -1.78. The summed E-state index contributed by atoms with van der Waals surface area (Å²) in [6.45, 7) is 2.74. The fourth-order valence-corrected chi connectivity index (χ4v) is 3.69. The minimum Gasteiger partial charge on any atom is -0.369 e.